The molecule has 1 heterocycles. The van der Waals surface area contributed by atoms with Crippen molar-refractivity contribution in [2.75, 3.05) is 20.3 Å². The molecule has 0 spiro atoms. The highest BCUT2D eigenvalue weighted by Crippen LogP contribution is 2.24. The number of hydrogen-bond donors (Lipinski definition) is 2. The molecule has 1 aromatic carbocycles. The smallest absolute Gasteiger partial charge is 0.287 e. The molecule has 0 aliphatic carbocycles. The minimum absolute atomic E-state index is 0.0159. The molecule has 2 aromatic rings. The number of ether oxygens (including phenoxy) is 1. The van der Waals surface area contributed by atoms with Crippen LogP contribution in [-0.2, 0) is 4.74 Å². The molecule has 5 nitrogen and oxygen atoms in total. The van der Waals surface area contributed by atoms with Crippen LogP contribution in [0.1, 0.15) is 17.0 Å². The highest BCUT2D eigenvalue weighted by atomic mass is 16.5. The Labute approximate surface area is 123 Å². The van der Waals surface area contributed by atoms with Crippen LogP contribution in [0.25, 0.3) is 11.1 Å². The van der Waals surface area contributed by atoms with Crippen LogP contribution in [0.4, 0.5) is 0 Å². The summed E-state index contributed by atoms with van der Waals surface area (Å²) >= 11 is 0. The van der Waals surface area contributed by atoms with Gasteiger partial charge in [-0.1, -0.05) is 30.3 Å². The number of rotatable bonds is 7. The summed E-state index contributed by atoms with van der Waals surface area (Å²) in [5, 5.41) is 11.8. The quantitative estimate of drug-likeness (QED) is 0.818. The van der Waals surface area contributed by atoms with Gasteiger partial charge in [0.05, 0.1) is 18.9 Å². The number of hydrogen-bond acceptors (Lipinski definition) is 4. The van der Waals surface area contributed by atoms with Crippen molar-refractivity contribution < 1.29 is 19.1 Å². The van der Waals surface area contributed by atoms with E-state index in [9.17, 15) is 4.79 Å². The monoisotopic (exact) mass is 289 g/mol. The standard InChI is InChI=1S/C16H19NO4/c1-20-11-13(7-9-18)17-16(19)15-14(8-10-21-15)12-5-3-2-4-6-12/h2-6,8,10,13,18H,7,9,11H2,1H3,(H,17,19). The first-order valence-corrected chi connectivity index (χ1v) is 6.79. The summed E-state index contributed by atoms with van der Waals surface area (Å²) in [5.41, 5.74) is 1.66. The van der Waals surface area contributed by atoms with E-state index in [4.69, 9.17) is 14.3 Å². The maximum atomic E-state index is 12.3. The second-order valence-electron chi connectivity index (χ2n) is 4.67. The first-order valence-electron chi connectivity index (χ1n) is 6.79. The van der Waals surface area contributed by atoms with Gasteiger partial charge >= 0.3 is 0 Å². The average Bonchev–Trinajstić information content (AvgIpc) is 2.98. The molecule has 1 unspecified atom stereocenters. The zero-order valence-corrected chi connectivity index (χ0v) is 11.9. The number of benzene rings is 1. The Hall–Kier alpha value is -2.11. The predicted molar refractivity (Wildman–Crippen MR) is 79.0 cm³/mol. The van der Waals surface area contributed by atoms with E-state index in [1.165, 1.54) is 6.26 Å². The molecule has 2 rings (SSSR count). The third kappa shape index (κ3) is 3.93. The van der Waals surface area contributed by atoms with Crippen LogP contribution in [0.2, 0.25) is 0 Å². The zero-order chi connectivity index (χ0) is 15.1. The number of furan rings is 1. The van der Waals surface area contributed by atoms with Crippen molar-refractivity contribution in [2.24, 2.45) is 0 Å². The summed E-state index contributed by atoms with van der Waals surface area (Å²) in [6.07, 6.45) is 1.93. The number of amides is 1. The van der Waals surface area contributed by atoms with Gasteiger partial charge in [0.25, 0.3) is 5.91 Å². The minimum atomic E-state index is -0.311. The number of carbonyl (C=O) groups excluding carboxylic acids is 1. The molecule has 0 aliphatic heterocycles. The Bertz CT molecular complexity index is 559. The Morgan fingerprint density at radius 3 is 2.76 bits per heavy atom. The summed E-state index contributed by atoms with van der Waals surface area (Å²) in [7, 11) is 1.55. The molecule has 1 amide bonds. The van der Waals surface area contributed by atoms with Gasteiger partial charge in [-0.25, -0.2) is 0 Å². The van der Waals surface area contributed by atoms with E-state index in [1.807, 2.05) is 30.3 Å². The number of nitrogens with one attached hydrogen (secondary N) is 1. The van der Waals surface area contributed by atoms with E-state index in [1.54, 1.807) is 13.2 Å². The maximum Gasteiger partial charge on any atom is 0.287 e. The first-order chi connectivity index (χ1) is 10.3. The van der Waals surface area contributed by atoms with Crippen LogP contribution in [0.3, 0.4) is 0 Å². The molecule has 0 bridgehead atoms. The van der Waals surface area contributed by atoms with Gasteiger partial charge in [0.15, 0.2) is 5.76 Å². The van der Waals surface area contributed by atoms with Crippen LogP contribution in [0, 0.1) is 0 Å². The Balaban J connectivity index is 2.15. The lowest BCUT2D eigenvalue weighted by Gasteiger charge is -2.16. The number of carbonyl (C=O) groups is 1. The second-order valence-corrected chi connectivity index (χ2v) is 4.67. The molecular weight excluding hydrogens is 270 g/mol. The van der Waals surface area contributed by atoms with E-state index in [0.29, 0.717) is 13.0 Å². The van der Waals surface area contributed by atoms with Gasteiger partial charge in [0.2, 0.25) is 0 Å². The first kappa shape index (κ1) is 15.3. The maximum absolute atomic E-state index is 12.3. The fraction of sp³-hybridized carbons (Fsp3) is 0.312. The van der Waals surface area contributed by atoms with Gasteiger partial charge in [-0.3, -0.25) is 4.79 Å². The summed E-state index contributed by atoms with van der Waals surface area (Å²) < 4.78 is 10.4. The minimum Gasteiger partial charge on any atom is -0.459 e. The summed E-state index contributed by atoms with van der Waals surface area (Å²) in [4.78, 5) is 12.3. The predicted octanol–water partition coefficient (Wildman–Crippen LogP) is 2.07. The molecule has 0 radical (unpaired) electrons. The van der Waals surface area contributed by atoms with Gasteiger partial charge in [-0.2, -0.15) is 0 Å². The lowest BCUT2D eigenvalue weighted by molar-refractivity contribution is 0.0852. The SMILES string of the molecule is COCC(CCO)NC(=O)c1occc1-c1ccccc1. The van der Waals surface area contributed by atoms with Gasteiger partial charge in [0.1, 0.15) is 0 Å². The number of methoxy groups -OCH3 is 1. The molecule has 2 N–H and O–H groups in total. The van der Waals surface area contributed by atoms with E-state index in [-0.39, 0.29) is 24.3 Å². The van der Waals surface area contributed by atoms with Crippen LogP contribution in [-0.4, -0.2) is 37.4 Å². The lowest BCUT2D eigenvalue weighted by atomic mass is 10.1. The fourth-order valence-corrected chi connectivity index (χ4v) is 2.14. The van der Waals surface area contributed by atoms with E-state index in [2.05, 4.69) is 5.32 Å². The van der Waals surface area contributed by atoms with Crippen molar-refractivity contribution in [3.8, 4) is 11.1 Å². The highest BCUT2D eigenvalue weighted by molar-refractivity contribution is 5.98. The molecule has 21 heavy (non-hydrogen) atoms. The summed E-state index contributed by atoms with van der Waals surface area (Å²) in [6, 6.07) is 11.1. The Morgan fingerprint density at radius 1 is 1.33 bits per heavy atom. The fourth-order valence-electron chi connectivity index (χ4n) is 2.14. The van der Waals surface area contributed by atoms with Crippen molar-refractivity contribution in [2.45, 2.75) is 12.5 Å². The molecule has 0 saturated carbocycles. The third-order valence-corrected chi connectivity index (χ3v) is 3.14. The molecule has 1 atom stereocenters. The molecule has 112 valence electrons. The van der Waals surface area contributed by atoms with Crippen molar-refractivity contribution in [3.05, 3.63) is 48.4 Å². The van der Waals surface area contributed by atoms with Gasteiger partial charge in [-0.15, -0.1) is 0 Å². The molecule has 0 saturated heterocycles. The Morgan fingerprint density at radius 2 is 2.10 bits per heavy atom. The van der Waals surface area contributed by atoms with Gasteiger partial charge in [0, 0.05) is 19.3 Å². The van der Waals surface area contributed by atoms with Crippen molar-refractivity contribution >= 4 is 5.91 Å². The number of aliphatic hydroxyl groups is 1. The molecule has 1 aromatic heterocycles. The zero-order valence-electron chi connectivity index (χ0n) is 11.9. The normalized spacial score (nSPS) is 12.1. The molecular formula is C16H19NO4. The number of aliphatic hydroxyl groups excluding tert-OH is 1. The van der Waals surface area contributed by atoms with Crippen LogP contribution in [0.5, 0.6) is 0 Å². The van der Waals surface area contributed by atoms with Crippen LogP contribution in [0.15, 0.2) is 47.1 Å². The summed E-state index contributed by atoms with van der Waals surface area (Å²) in [6.45, 7) is 0.325. The largest absolute Gasteiger partial charge is 0.459 e. The Kier molecular flexibility index (Phi) is 5.54. The third-order valence-electron chi connectivity index (χ3n) is 3.14. The molecule has 0 aliphatic rings. The second kappa shape index (κ2) is 7.61. The molecule has 5 heteroatoms. The van der Waals surface area contributed by atoms with Crippen LogP contribution >= 0.6 is 0 Å². The van der Waals surface area contributed by atoms with E-state index in [0.717, 1.165) is 11.1 Å². The average molecular weight is 289 g/mol. The van der Waals surface area contributed by atoms with Crippen LogP contribution < -0.4 is 5.32 Å². The van der Waals surface area contributed by atoms with Gasteiger partial charge in [-0.05, 0) is 18.1 Å². The topological polar surface area (TPSA) is 71.7 Å². The van der Waals surface area contributed by atoms with Crippen molar-refractivity contribution in [1.82, 2.24) is 5.32 Å². The highest BCUT2D eigenvalue weighted by Gasteiger charge is 2.19. The van der Waals surface area contributed by atoms with E-state index >= 15 is 0 Å². The van der Waals surface area contributed by atoms with Gasteiger partial charge < -0.3 is 19.6 Å². The van der Waals surface area contributed by atoms with Crippen molar-refractivity contribution in [3.63, 3.8) is 0 Å². The van der Waals surface area contributed by atoms with Crippen molar-refractivity contribution in [1.29, 1.82) is 0 Å². The lowest BCUT2D eigenvalue weighted by Crippen LogP contribution is -2.38. The summed E-state index contributed by atoms with van der Waals surface area (Å²) in [5.74, 6) is -0.0467. The van der Waals surface area contributed by atoms with E-state index < -0.39 is 0 Å². The molecule has 0 fully saturated rings.